The minimum absolute atomic E-state index is 0.0836. The Balaban J connectivity index is 0.000000592. The molecule has 0 bridgehead atoms. The molecule has 0 fully saturated rings. The highest BCUT2D eigenvalue weighted by molar-refractivity contribution is 6.61. The number of carbonyl (C=O) groups excluding carboxylic acids is 3. The van der Waals surface area contributed by atoms with Crippen LogP contribution >= 0.6 is 0 Å². The van der Waals surface area contributed by atoms with Crippen LogP contribution in [0.5, 0.6) is 0 Å². The predicted molar refractivity (Wildman–Crippen MR) is 160 cm³/mol. The Labute approximate surface area is 250 Å². The van der Waals surface area contributed by atoms with Gasteiger partial charge in [-0.1, -0.05) is 37.6 Å². The normalized spacial score (nSPS) is 12.6. The number of amides is 3. The third-order valence-electron chi connectivity index (χ3n) is 6.05. The van der Waals surface area contributed by atoms with E-state index in [1.807, 2.05) is 13.8 Å². The second-order valence-electron chi connectivity index (χ2n) is 9.31. The van der Waals surface area contributed by atoms with Gasteiger partial charge in [0.05, 0.1) is 24.8 Å². The first kappa shape index (κ1) is 37.5. The summed E-state index contributed by atoms with van der Waals surface area (Å²) in [6.07, 6.45) is -3.99. The van der Waals surface area contributed by atoms with E-state index in [4.69, 9.17) is 21.9 Å². The van der Waals surface area contributed by atoms with Crippen LogP contribution in [0.4, 0.5) is 18.9 Å². The van der Waals surface area contributed by atoms with E-state index in [9.17, 15) is 32.6 Å². The maximum atomic E-state index is 12.2. The van der Waals surface area contributed by atoms with Crippen LogP contribution in [0.2, 0.25) is 0 Å². The molecule has 3 rings (SSSR count). The number of hydrogen-bond acceptors (Lipinski definition) is 8. The number of halogens is 3. The van der Waals surface area contributed by atoms with E-state index in [0.717, 1.165) is 23.3 Å². The first-order valence-corrected chi connectivity index (χ1v) is 13.9. The summed E-state index contributed by atoms with van der Waals surface area (Å²) in [4.78, 5) is 37.9. The van der Waals surface area contributed by atoms with Crippen molar-refractivity contribution in [1.29, 1.82) is 0 Å². The number of nitrogens with zero attached hydrogens (tertiary/aromatic N) is 1. The molecule has 43 heavy (non-hydrogen) atoms. The summed E-state index contributed by atoms with van der Waals surface area (Å²) in [5, 5.41) is 14.8. The average molecular weight is 610 g/mol. The molecule has 0 spiro atoms. The molecule has 11 nitrogen and oxygen atoms in total. The van der Waals surface area contributed by atoms with E-state index < -0.39 is 36.7 Å². The topological polar surface area (TPSA) is 186 Å². The van der Waals surface area contributed by atoms with Gasteiger partial charge >= 0.3 is 13.3 Å². The van der Waals surface area contributed by atoms with Crippen molar-refractivity contribution < 1.29 is 37.2 Å². The van der Waals surface area contributed by atoms with E-state index in [-0.39, 0.29) is 25.3 Å². The molecule has 2 aromatic rings. The fourth-order valence-corrected chi connectivity index (χ4v) is 3.78. The standard InChI is InChI=1S/C18H29BN6O5.C8H7F3.C2H6/c20-5-7-25(8-6-21)17(27)4-3-15(22)18(28)23-10-16(26)24-13-2-1-12-11-30-19(29)14(12)9-13;1-6-2-4-7(5-3-6)8(9,10)11;1-2/h1-2,9,15,29H,3-8,10-11,20-22H2,(H,23,28)(H,24,26);2-5H,1H3;1-2H3. The summed E-state index contributed by atoms with van der Waals surface area (Å²) < 4.78 is 40.9. The number of nitrogens with one attached hydrogen (secondary N) is 2. The van der Waals surface area contributed by atoms with Crippen molar-refractivity contribution in [2.45, 2.75) is 52.4 Å². The van der Waals surface area contributed by atoms with E-state index in [1.165, 1.54) is 17.0 Å². The van der Waals surface area contributed by atoms with Crippen molar-refractivity contribution in [2.24, 2.45) is 17.2 Å². The van der Waals surface area contributed by atoms with Gasteiger partial charge in [0.25, 0.3) is 0 Å². The van der Waals surface area contributed by atoms with Crippen LogP contribution in [0.3, 0.4) is 0 Å². The first-order chi connectivity index (χ1) is 20.3. The second kappa shape index (κ2) is 18.9. The third-order valence-corrected chi connectivity index (χ3v) is 6.05. The van der Waals surface area contributed by atoms with Crippen LogP contribution in [0.1, 0.15) is 43.4 Å². The van der Waals surface area contributed by atoms with Gasteiger partial charge < -0.3 is 42.4 Å². The van der Waals surface area contributed by atoms with Crippen molar-refractivity contribution >= 4 is 36.0 Å². The summed E-state index contributed by atoms with van der Waals surface area (Å²) in [5.41, 5.74) is 18.9. The summed E-state index contributed by atoms with van der Waals surface area (Å²) >= 11 is 0. The molecule has 0 radical (unpaired) electrons. The van der Waals surface area contributed by atoms with Crippen molar-refractivity contribution in [2.75, 3.05) is 38.0 Å². The molecule has 0 aliphatic carbocycles. The van der Waals surface area contributed by atoms with Crippen LogP contribution in [0.25, 0.3) is 0 Å². The second-order valence-corrected chi connectivity index (χ2v) is 9.31. The maximum Gasteiger partial charge on any atom is 0.491 e. The van der Waals surface area contributed by atoms with Gasteiger partial charge in [-0.3, -0.25) is 14.4 Å². The lowest BCUT2D eigenvalue weighted by molar-refractivity contribution is -0.137. The van der Waals surface area contributed by atoms with Gasteiger partial charge in [-0.15, -0.1) is 0 Å². The smallest absolute Gasteiger partial charge is 0.423 e. The number of benzene rings is 2. The van der Waals surface area contributed by atoms with E-state index >= 15 is 0 Å². The van der Waals surface area contributed by atoms with E-state index in [0.29, 0.717) is 43.9 Å². The van der Waals surface area contributed by atoms with Crippen molar-refractivity contribution in [3.05, 3.63) is 59.2 Å². The molecule has 0 aromatic heterocycles. The highest BCUT2D eigenvalue weighted by Crippen LogP contribution is 2.28. The fourth-order valence-electron chi connectivity index (χ4n) is 3.78. The Hall–Kier alpha value is -3.50. The molecule has 1 aliphatic rings. The Morgan fingerprint density at radius 3 is 2.23 bits per heavy atom. The van der Waals surface area contributed by atoms with Crippen LogP contribution < -0.4 is 33.3 Å². The quantitative estimate of drug-likeness (QED) is 0.202. The number of hydrogen-bond donors (Lipinski definition) is 6. The molecular weight excluding hydrogens is 568 g/mol. The molecule has 1 heterocycles. The zero-order chi connectivity index (χ0) is 32.6. The highest BCUT2D eigenvalue weighted by Gasteiger charge is 2.30. The van der Waals surface area contributed by atoms with Crippen molar-refractivity contribution in [1.82, 2.24) is 10.2 Å². The van der Waals surface area contributed by atoms with Gasteiger partial charge in [0, 0.05) is 38.3 Å². The number of rotatable bonds is 11. The van der Waals surface area contributed by atoms with E-state index in [1.54, 1.807) is 25.1 Å². The Morgan fingerprint density at radius 1 is 1.07 bits per heavy atom. The number of fused-ring (bicyclic) bond motifs is 1. The molecule has 2 aromatic carbocycles. The number of nitrogens with two attached hydrogens (primary N) is 3. The van der Waals surface area contributed by atoms with Gasteiger partial charge in [0.15, 0.2) is 0 Å². The molecule has 0 saturated carbocycles. The van der Waals surface area contributed by atoms with Gasteiger partial charge in [-0.2, -0.15) is 13.2 Å². The molecule has 1 aliphatic heterocycles. The molecule has 1 atom stereocenters. The summed E-state index contributed by atoms with van der Waals surface area (Å²) in [5.74, 6) is -1.15. The molecule has 15 heteroatoms. The van der Waals surface area contributed by atoms with E-state index in [2.05, 4.69) is 10.6 Å². The molecule has 0 saturated heterocycles. The monoisotopic (exact) mass is 610 g/mol. The van der Waals surface area contributed by atoms with Gasteiger partial charge in [-0.05, 0) is 48.6 Å². The molecular formula is C28H42BF3N6O5. The lowest BCUT2D eigenvalue weighted by Gasteiger charge is -2.22. The minimum atomic E-state index is -4.21. The number of aryl methyl sites for hydroxylation is 1. The Morgan fingerprint density at radius 2 is 1.67 bits per heavy atom. The summed E-state index contributed by atoms with van der Waals surface area (Å²) in [6.45, 7) is 7.22. The summed E-state index contributed by atoms with van der Waals surface area (Å²) in [6, 6.07) is 9.19. The average Bonchev–Trinajstić information content (AvgIpc) is 3.35. The largest absolute Gasteiger partial charge is 0.491 e. The third kappa shape index (κ3) is 13.1. The number of carbonyl (C=O) groups is 3. The zero-order valence-corrected chi connectivity index (χ0v) is 24.7. The molecule has 1 unspecified atom stereocenters. The van der Waals surface area contributed by atoms with Crippen LogP contribution in [-0.4, -0.2) is 73.5 Å². The van der Waals surface area contributed by atoms with Gasteiger partial charge in [0.2, 0.25) is 17.7 Å². The van der Waals surface area contributed by atoms with Crippen molar-refractivity contribution in [3.63, 3.8) is 0 Å². The highest BCUT2D eigenvalue weighted by atomic mass is 19.4. The molecule has 3 amide bonds. The van der Waals surface area contributed by atoms with Crippen LogP contribution in [0, 0.1) is 6.92 Å². The fraction of sp³-hybridized carbons (Fsp3) is 0.464. The first-order valence-electron chi connectivity index (χ1n) is 13.9. The SMILES string of the molecule is CC.Cc1ccc(C(F)(F)F)cc1.NCCN(CCN)C(=O)CCC(N)C(=O)NCC(=O)Nc1ccc2c(c1)B(O)OC2. The number of alkyl halides is 3. The Bertz CT molecular complexity index is 1160. The number of anilines is 1. The lowest BCUT2D eigenvalue weighted by Crippen LogP contribution is -2.45. The lowest BCUT2D eigenvalue weighted by atomic mass is 9.79. The molecule has 238 valence electrons. The predicted octanol–water partition coefficient (Wildman–Crippen LogP) is 0.853. The maximum absolute atomic E-state index is 12.2. The zero-order valence-electron chi connectivity index (χ0n) is 24.7. The minimum Gasteiger partial charge on any atom is -0.423 e. The van der Waals surface area contributed by atoms with Gasteiger partial charge in [0.1, 0.15) is 0 Å². The summed E-state index contributed by atoms with van der Waals surface area (Å²) in [7, 11) is -1.01. The van der Waals surface area contributed by atoms with Crippen LogP contribution in [-0.2, 0) is 31.8 Å². The molecule has 9 N–H and O–H groups in total. The van der Waals surface area contributed by atoms with Crippen LogP contribution in [0.15, 0.2) is 42.5 Å². The van der Waals surface area contributed by atoms with Crippen molar-refractivity contribution in [3.8, 4) is 0 Å². The van der Waals surface area contributed by atoms with Gasteiger partial charge in [-0.25, -0.2) is 0 Å². The Kier molecular flexibility index (Phi) is 16.5.